The molecule has 34 heavy (non-hydrogen) atoms. The van der Waals surface area contributed by atoms with Gasteiger partial charge in [-0.15, -0.1) is 0 Å². The quantitative estimate of drug-likeness (QED) is 0.317. The summed E-state index contributed by atoms with van der Waals surface area (Å²) in [4.78, 5) is 6.92. The number of benzene rings is 2. The van der Waals surface area contributed by atoms with Crippen molar-refractivity contribution >= 4 is 34.6 Å². The molecule has 1 fully saturated rings. The molecule has 2 aromatic heterocycles. The van der Waals surface area contributed by atoms with E-state index < -0.39 is 0 Å². The van der Waals surface area contributed by atoms with E-state index in [1.165, 1.54) is 16.7 Å². The first-order chi connectivity index (χ1) is 16.4. The van der Waals surface area contributed by atoms with Crippen LogP contribution in [-0.4, -0.2) is 14.7 Å². The summed E-state index contributed by atoms with van der Waals surface area (Å²) in [5.74, 6) is 0. The molecule has 5 rings (SSSR count). The zero-order valence-corrected chi connectivity index (χ0v) is 21.3. The predicted octanol–water partition coefficient (Wildman–Crippen LogP) is 6.94. The summed E-state index contributed by atoms with van der Waals surface area (Å²) in [6, 6.07) is 22.6. The molecular weight excluding hydrogens is 460 g/mol. The Morgan fingerprint density at radius 2 is 1.68 bits per heavy atom. The lowest BCUT2D eigenvalue weighted by atomic mass is 9.96. The van der Waals surface area contributed by atoms with Crippen LogP contribution in [0.25, 0.3) is 5.69 Å². The molecule has 4 aromatic rings. The fourth-order valence-corrected chi connectivity index (χ4v) is 5.48. The van der Waals surface area contributed by atoms with E-state index in [0.29, 0.717) is 5.11 Å². The number of nitrogens with one attached hydrogen (secondary N) is 1. The van der Waals surface area contributed by atoms with E-state index in [1.54, 1.807) is 0 Å². The molecule has 1 N–H and O–H groups in total. The zero-order valence-electron chi connectivity index (χ0n) is 19.7. The summed E-state index contributed by atoms with van der Waals surface area (Å²) >= 11 is 12.5. The summed E-state index contributed by atoms with van der Waals surface area (Å²) in [6.45, 7) is 8.54. The van der Waals surface area contributed by atoms with Crippen LogP contribution in [0.5, 0.6) is 0 Å². The monoisotopic (exact) mass is 486 g/mol. The van der Waals surface area contributed by atoms with Gasteiger partial charge < -0.3 is 14.8 Å². The summed E-state index contributed by atoms with van der Waals surface area (Å²) in [5.41, 5.74) is 8.97. The van der Waals surface area contributed by atoms with E-state index in [9.17, 15) is 0 Å². The van der Waals surface area contributed by atoms with Gasteiger partial charge in [0.25, 0.3) is 0 Å². The van der Waals surface area contributed by atoms with E-state index >= 15 is 0 Å². The first-order valence-electron chi connectivity index (χ1n) is 11.4. The Kier molecular flexibility index (Phi) is 5.92. The minimum Gasteiger partial charge on any atom is -0.351 e. The predicted molar refractivity (Wildman–Crippen MR) is 144 cm³/mol. The van der Waals surface area contributed by atoms with E-state index in [0.717, 1.165) is 33.5 Å². The molecule has 0 amide bonds. The van der Waals surface area contributed by atoms with Crippen molar-refractivity contribution < 1.29 is 0 Å². The van der Waals surface area contributed by atoms with Gasteiger partial charge in [-0.05, 0) is 99.1 Å². The Bertz CT molecular complexity index is 1380. The van der Waals surface area contributed by atoms with Crippen molar-refractivity contribution in [1.82, 2.24) is 14.9 Å². The van der Waals surface area contributed by atoms with Crippen LogP contribution in [0.15, 0.2) is 72.9 Å². The van der Waals surface area contributed by atoms with Crippen molar-refractivity contribution in [3.8, 4) is 5.69 Å². The Balaban J connectivity index is 1.70. The van der Waals surface area contributed by atoms with Gasteiger partial charge in [0.15, 0.2) is 5.11 Å². The van der Waals surface area contributed by atoms with Crippen molar-refractivity contribution in [2.45, 2.75) is 39.8 Å². The van der Waals surface area contributed by atoms with E-state index in [1.807, 2.05) is 36.5 Å². The molecule has 6 heteroatoms. The van der Waals surface area contributed by atoms with Gasteiger partial charge in [-0.25, -0.2) is 0 Å². The average molecular weight is 487 g/mol. The number of thiocarbonyl (C=S) groups is 1. The average Bonchev–Trinajstić information content (AvgIpc) is 3.32. The van der Waals surface area contributed by atoms with Crippen molar-refractivity contribution in [1.29, 1.82) is 0 Å². The fraction of sp³-hybridized carbons (Fsp3) is 0.214. The lowest BCUT2D eigenvalue weighted by molar-refractivity contribution is 0.565. The van der Waals surface area contributed by atoms with Crippen molar-refractivity contribution in [3.63, 3.8) is 0 Å². The van der Waals surface area contributed by atoms with Crippen molar-refractivity contribution in [3.05, 3.63) is 112 Å². The number of hydrogen-bond acceptors (Lipinski definition) is 2. The van der Waals surface area contributed by atoms with E-state index in [-0.39, 0.29) is 12.1 Å². The molecule has 0 radical (unpaired) electrons. The van der Waals surface area contributed by atoms with Crippen LogP contribution in [0.2, 0.25) is 5.02 Å². The second kappa shape index (κ2) is 8.90. The molecule has 1 aliphatic heterocycles. The lowest BCUT2D eigenvalue weighted by Crippen LogP contribution is -2.29. The minimum atomic E-state index is -0.0875. The summed E-state index contributed by atoms with van der Waals surface area (Å²) in [7, 11) is 0. The maximum absolute atomic E-state index is 6.60. The Hall–Kier alpha value is -3.15. The van der Waals surface area contributed by atoms with E-state index in [4.69, 9.17) is 23.8 Å². The van der Waals surface area contributed by atoms with Crippen molar-refractivity contribution in [2.75, 3.05) is 4.90 Å². The first-order valence-corrected chi connectivity index (χ1v) is 12.2. The number of pyridine rings is 1. The lowest BCUT2D eigenvalue weighted by Gasteiger charge is -2.28. The van der Waals surface area contributed by atoms with Crippen LogP contribution in [-0.2, 0) is 0 Å². The van der Waals surface area contributed by atoms with Crippen LogP contribution in [0.4, 0.5) is 5.69 Å². The van der Waals surface area contributed by atoms with Gasteiger partial charge in [-0.1, -0.05) is 35.9 Å². The van der Waals surface area contributed by atoms with Gasteiger partial charge in [-0.3, -0.25) is 4.98 Å². The standard InChI is InChI=1S/C28H27ClN4S/c1-17-12-13-21(15-18(17)2)33-27(26(31-28(33)34)24-10-7-8-14-30-24)22-16-19(3)32(20(22)4)25-11-6-5-9-23(25)29/h5-16,26-27H,1-4H3,(H,31,34). The molecule has 0 spiro atoms. The van der Waals surface area contributed by atoms with Gasteiger partial charge in [0.2, 0.25) is 0 Å². The van der Waals surface area contributed by atoms with Gasteiger partial charge in [0.05, 0.1) is 28.5 Å². The molecular formula is C28H27ClN4S. The first kappa shape index (κ1) is 22.6. The highest BCUT2D eigenvalue weighted by molar-refractivity contribution is 7.80. The Morgan fingerprint density at radius 3 is 2.38 bits per heavy atom. The largest absolute Gasteiger partial charge is 0.351 e. The number of halogens is 1. The molecule has 4 nitrogen and oxygen atoms in total. The zero-order chi connectivity index (χ0) is 24.0. The SMILES string of the molecule is Cc1ccc(N2C(=S)NC(c3ccccn3)C2c2cc(C)n(-c3ccccc3Cl)c2C)cc1C. The van der Waals surface area contributed by atoms with Gasteiger partial charge in [0, 0.05) is 23.3 Å². The Morgan fingerprint density at radius 1 is 0.912 bits per heavy atom. The van der Waals surface area contributed by atoms with Gasteiger partial charge in [-0.2, -0.15) is 0 Å². The summed E-state index contributed by atoms with van der Waals surface area (Å²) < 4.78 is 2.23. The summed E-state index contributed by atoms with van der Waals surface area (Å²) in [6.07, 6.45) is 1.84. The molecule has 1 aliphatic rings. The number of anilines is 1. The number of rotatable bonds is 4. The fourth-order valence-electron chi connectivity index (χ4n) is 4.92. The number of para-hydroxylation sites is 1. The molecule has 0 saturated carbocycles. The number of nitrogens with zero attached hydrogens (tertiary/aromatic N) is 3. The van der Waals surface area contributed by atoms with Crippen molar-refractivity contribution in [2.24, 2.45) is 0 Å². The molecule has 1 saturated heterocycles. The van der Waals surface area contributed by atoms with Crippen LogP contribution in [0.3, 0.4) is 0 Å². The second-order valence-electron chi connectivity index (χ2n) is 8.88. The molecule has 0 bridgehead atoms. The maximum atomic E-state index is 6.60. The second-order valence-corrected chi connectivity index (χ2v) is 9.67. The van der Waals surface area contributed by atoms with E-state index in [2.05, 4.69) is 83.9 Å². The third kappa shape index (κ3) is 3.79. The summed E-state index contributed by atoms with van der Waals surface area (Å²) in [5, 5.41) is 4.99. The van der Waals surface area contributed by atoms with Crippen LogP contribution in [0, 0.1) is 27.7 Å². The van der Waals surface area contributed by atoms with Gasteiger partial charge >= 0.3 is 0 Å². The molecule has 2 atom stereocenters. The van der Waals surface area contributed by atoms with Gasteiger partial charge in [0.1, 0.15) is 0 Å². The third-order valence-electron chi connectivity index (χ3n) is 6.75. The molecule has 2 unspecified atom stereocenters. The topological polar surface area (TPSA) is 33.1 Å². The van der Waals surface area contributed by atoms with Crippen LogP contribution in [0.1, 0.15) is 45.9 Å². The number of aromatic nitrogens is 2. The highest BCUT2D eigenvalue weighted by atomic mass is 35.5. The molecule has 3 heterocycles. The number of hydrogen-bond donors (Lipinski definition) is 1. The van der Waals surface area contributed by atoms with Crippen LogP contribution >= 0.6 is 23.8 Å². The highest BCUT2D eigenvalue weighted by Gasteiger charge is 2.42. The smallest absolute Gasteiger partial charge is 0.174 e. The Labute approximate surface area is 211 Å². The highest BCUT2D eigenvalue weighted by Crippen LogP contribution is 2.44. The molecule has 2 aromatic carbocycles. The maximum Gasteiger partial charge on any atom is 0.174 e. The minimum absolute atomic E-state index is 0.0630. The normalized spacial score (nSPS) is 17.8. The molecule has 0 aliphatic carbocycles. The molecule has 172 valence electrons. The number of aryl methyl sites for hydroxylation is 3. The van der Waals surface area contributed by atoms with Crippen LogP contribution < -0.4 is 10.2 Å². The third-order valence-corrected chi connectivity index (χ3v) is 7.38.